The van der Waals surface area contributed by atoms with Gasteiger partial charge >= 0.3 is 0 Å². The maximum Gasteiger partial charge on any atom is 0.253 e. The maximum absolute atomic E-state index is 11.9. The Labute approximate surface area is 105 Å². The van der Waals surface area contributed by atoms with Gasteiger partial charge in [0, 0.05) is 18.7 Å². The number of furan rings is 1. The summed E-state index contributed by atoms with van der Waals surface area (Å²) in [7, 11) is 0. The summed E-state index contributed by atoms with van der Waals surface area (Å²) in [6.45, 7) is 1.92. The lowest BCUT2D eigenvalue weighted by atomic mass is 10.2. The monoisotopic (exact) mass is 245 g/mol. The quantitative estimate of drug-likeness (QED) is 0.857. The largest absolute Gasteiger partial charge is 0.469 e. The molecular weight excluding hydrogens is 230 g/mol. The van der Waals surface area contributed by atoms with Crippen LogP contribution >= 0.6 is 0 Å². The minimum atomic E-state index is -0.165. The second-order valence-corrected chi connectivity index (χ2v) is 4.13. The summed E-state index contributed by atoms with van der Waals surface area (Å²) in [5, 5.41) is 2.87. The molecule has 0 aliphatic carbocycles. The Hall–Kier alpha value is -2.30. The molecule has 0 aromatic carbocycles. The summed E-state index contributed by atoms with van der Waals surface area (Å²) in [5.41, 5.74) is 5.96. The number of carbonyl (C=O) groups excluding carboxylic acids is 1. The Morgan fingerprint density at radius 3 is 2.94 bits per heavy atom. The van der Waals surface area contributed by atoms with Gasteiger partial charge in [-0.05, 0) is 31.2 Å². The Bertz CT molecular complexity index is 506. The van der Waals surface area contributed by atoms with E-state index in [1.807, 2.05) is 19.1 Å². The van der Waals surface area contributed by atoms with Crippen LogP contribution in [-0.2, 0) is 6.42 Å². The van der Waals surface area contributed by atoms with Gasteiger partial charge in [0.05, 0.1) is 11.8 Å². The lowest BCUT2D eigenvalue weighted by Crippen LogP contribution is -2.34. The van der Waals surface area contributed by atoms with Crippen molar-refractivity contribution in [3.05, 3.63) is 48.0 Å². The summed E-state index contributed by atoms with van der Waals surface area (Å²) < 4.78 is 5.23. The van der Waals surface area contributed by atoms with Crippen molar-refractivity contribution >= 4 is 11.7 Å². The zero-order valence-electron chi connectivity index (χ0n) is 10.1. The number of nitrogens with zero attached hydrogens (tertiary/aromatic N) is 1. The van der Waals surface area contributed by atoms with E-state index in [0.717, 1.165) is 5.76 Å². The second-order valence-electron chi connectivity index (χ2n) is 4.13. The van der Waals surface area contributed by atoms with E-state index in [1.54, 1.807) is 18.4 Å². The van der Waals surface area contributed by atoms with Crippen LogP contribution in [0.25, 0.3) is 0 Å². The standard InChI is InChI=1S/C13H15N3O2/c1-9(7-11-3-2-6-18-11)16-13(17)10-4-5-12(14)15-8-10/h2-6,8-9H,7H2,1H3,(H2,14,15)(H,16,17). The summed E-state index contributed by atoms with van der Waals surface area (Å²) in [6.07, 6.45) is 3.74. The van der Waals surface area contributed by atoms with Crippen molar-refractivity contribution in [3.63, 3.8) is 0 Å². The number of nitrogens with one attached hydrogen (secondary N) is 1. The van der Waals surface area contributed by atoms with Crippen molar-refractivity contribution in [2.75, 3.05) is 5.73 Å². The third kappa shape index (κ3) is 3.10. The van der Waals surface area contributed by atoms with Crippen LogP contribution in [0.1, 0.15) is 23.0 Å². The number of pyridine rings is 1. The SMILES string of the molecule is CC(Cc1ccco1)NC(=O)c1ccc(N)nc1. The second kappa shape index (κ2) is 5.35. The predicted molar refractivity (Wildman–Crippen MR) is 68.0 cm³/mol. The van der Waals surface area contributed by atoms with Gasteiger partial charge in [0.25, 0.3) is 5.91 Å². The average molecular weight is 245 g/mol. The predicted octanol–water partition coefficient (Wildman–Crippen LogP) is 1.62. The molecule has 1 amide bonds. The number of nitrogen functional groups attached to an aromatic ring is 1. The smallest absolute Gasteiger partial charge is 0.253 e. The Morgan fingerprint density at radius 2 is 2.33 bits per heavy atom. The molecule has 5 heteroatoms. The van der Waals surface area contributed by atoms with Crippen LogP contribution in [0.2, 0.25) is 0 Å². The Kier molecular flexibility index (Phi) is 3.62. The molecule has 18 heavy (non-hydrogen) atoms. The lowest BCUT2D eigenvalue weighted by Gasteiger charge is -2.12. The molecule has 1 atom stereocenters. The van der Waals surface area contributed by atoms with Crippen molar-refractivity contribution in [1.29, 1.82) is 0 Å². The number of hydrogen-bond acceptors (Lipinski definition) is 4. The molecule has 0 radical (unpaired) electrons. The zero-order valence-corrected chi connectivity index (χ0v) is 10.1. The van der Waals surface area contributed by atoms with E-state index in [2.05, 4.69) is 10.3 Å². The Morgan fingerprint density at radius 1 is 1.50 bits per heavy atom. The van der Waals surface area contributed by atoms with Crippen molar-refractivity contribution in [1.82, 2.24) is 10.3 Å². The van der Waals surface area contributed by atoms with Gasteiger partial charge in [-0.15, -0.1) is 0 Å². The summed E-state index contributed by atoms with van der Waals surface area (Å²) in [4.78, 5) is 15.8. The van der Waals surface area contributed by atoms with Crippen molar-refractivity contribution in [2.45, 2.75) is 19.4 Å². The molecular formula is C13H15N3O2. The first-order valence-corrected chi connectivity index (χ1v) is 5.70. The molecule has 0 aliphatic heterocycles. The molecule has 0 spiro atoms. The fourth-order valence-corrected chi connectivity index (χ4v) is 1.63. The van der Waals surface area contributed by atoms with Crippen LogP contribution in [0.3, 0.4) is 0 Å². The Balaban J connectivity index is 1.92. The van der Waals surface area contributed by atoms with Gasteiger partial charge in [0.1, 0.15) is 11.6 Å². The van der Waals surface area contributed by atoms with Gasteiger partial charge in [-0.25, -0.2) is 4.98 Å². The fraction of sp³-hybridized carbons (Fsp3) is 0.231. The molecule has 2 aromatic rings. The summed E-state index contributed by atoms with van der Waals surface area (Å²) in [5.74, 6) is 1.08. The normalized spacial score (nSPS) is 12.1. The molecule has 2 rings (SSSR count). The van der Waals surface area contributed by atoms with Crippen LogP contribution < -0.4 is 11.1 Å². The number of nitrogens with two attached hydrogens (primary N) is 1. The highest BCUT2D eigenvalue weighted by Crippen LogP contribution is 2.06. The highest BCUT2D eigenvalue weighted by Gasteiger charge is 2.11. The van der Waals surface area contributed by atoms with Gasteiger partial charge in [-0.1, -0.05) is 0 Å². The fourth-order valence-electron chi connectivity index (χ4n) is 1.63. The molecule has 0 saturated carbocycles. The molecule has 3 N–H and O–H groups in total. The number of aromatic nitrogens is 1. The van der Waals surface area contributed by atoms with E-state index in [4.69, 9.17) is 10.2 Å². The molecule has 94 valence electrons. The highest BCUT2D eigenvalue weighted by molar-refractivity contribution is 5.94. The first kappa shape index (κ1) is 12.2. The van der Waals surface area contributed by atoms with E-state index >= 15 is 0 Å². The van der Waals surface area contributed by atoms with Crippen LogP contribution in [-0.4, -0.2) is 16.9 Å². The van der Waals surface area contributed by atoms with Gasteiger partial charge in [-0.2, -0.15) is 0 Å². The van der Waals surface area contributed by atoms with Crippen molar-refractivity contribution in [3.8, 4) is 0 Å². The van der Waals surface area contributed by atoms with Crippen LogP contribution in [0.5, 0.6) is 0 Å². The maximum atomic E-state index is 11.9. The van der Waals surface area contributed by atoms with Gasteiger partial charge in [-0.3, -0.25) is 4.79 Å². The molecule has 2 aromatic heterocycles. The molecule has 1 unspecified atom stereocenters. The topological polar surface area (TPSA) is 81.2 Å². The van der Waals surface area contributed by atoms with Crippen LogP contribution in [0.4, 0.5) is 5.82 Å². The minimum absolute atomic E-state index is 0.0128. The lowest BCUT2D eigenvalue weighted by molar-refractivity contribution is 0.0939. The van der Waals surface area contributed by atoms with E-state index in [9.17, 15) is 4.79 Å². The van der Waals surface area contributed by atoms with Crippen LogP contribution in [0.15, 0.2) is 41.1 Å². The van der Waals surface area contributed by atoms with E-state index in [0.29, 0.717) is 17.8 Å². The van der Waals surface area contributed by atoms with E-state index < -0.39 is 0 Å². The number of anilines is 1. The summed E-state index contributed by atoms with van der Waals surface area (Å²) >= 11 is 0. The molecule has 0 bridgehead atoms. The molecule has 5 nitrogen and oxygen atoms in total. The molecule has 0 fully saturated rings. The number of rotatable bonds is 4. The third-order valence-electron chi connectivity index (χ3n) is 2.51. The van der Waals surface area contributed by atoms with E-state index in [-0.39, 0.29) is 11.9 Å². The average Bonchev–Trinajstić information content (AvgIpc) is 2.82. The highest BCUT2D eigenvalue weighted by atomic mass is 16.3. The number of carbonyl (C=O) groups is 1. The first-order chi connectivity index (χ1) is 8.65. The third-order valence-corrected chi connectivity index (χ3v) is 2.51. The molecule has 0 saturated heterocycles. The first-order valence-electron chi connectivity index (χ1n) is 5.70. The number of hydrogen-bond donors (Lipinski definition) is 2. The minimum Gasteiger partial charge on any atom is -0.469 e. The van der Waals surface area contributed by atoms with Gasteiger partial charge in [0.15, 0.2) is 0 Å². The summed E-state index contributed by atoms with van der Waals surface area (Å²) in [6, 6.07) is 6.95. The van der Waals surface area contributed by atoms with Crippen molar-refractivity contribution in [2.24, 2.45) is 0 Å². The van der Waals surface area contributed by atoms with Gasteiger partial charge < -0.3 is 15.5 Å². The van der Waals surface area contributed by atoms with Gasteiger partial charge in [0.2, 0.25) is 0 Å². The number of amides is 1. The molecule has 2 heterocycles. The van der Waals surface area contributed by atoms with Crippen molar-refractivity contribution < 1.29 is 9.21 Å². The molecule has 0 aliphatic rings. The van der Waals surface area contributed by atoms with Crippen LogP contribution in [0, 0.1) is 0 Å². The van der Waals surface area contributed by atoms with E-state index in [1.165, 1.54) is 6.20 Å². The zero-order chi connectivity index (χ0) is 13.0.